The summed E-state index contributed by atoms with van der Waals surface area (Å²) in [6.07, 6.45) is 6.69. The molecule has 3 nitrogen and oxygen atoms in total. The monoisotopic (exact) mass is 285 g/mol. The normalized spacial score (nSPS) is 10.6. The average Bonchev–Trinajstić information content (AvgIpc) is 2.42. The van der Waals surface area contributed by atoms with Crippen molar-refractivity contribution in [3.05, 3.63) is 29.3 Å². The first kappa shape index (κ1) is 16.4. The number of benzene rings is 1. The second-order valence-corrected chi connectivity index (χ2v) is 4.79. The van der Waals surface area contributed by atoms with Gasteiger partial charge in [0.05, 0.1) is 11.3 Å². The Morgan fingerprint density at radius 2 is 1.75 bits per heavy atom. The summed E-state index contributed by atoms with van der Waals surface area (Å²) < 4.78 is 27.0. The van der Waals surface area contributed by atoms with Gasteiger partial charge in [-0.1, -0.05) is 39.0 Å². The highest BCUT2D eigenvalue weighted by atomic mass is 19.2. The molecule has 0 heterocycles. The molecule has 1 rings (SSSR count). The lowest BCUT2D eigenvalue weighted by Gasteiger charge is -2.09. The lowest BCUT2D eigenvalue weighted by atomic mass is 10.1. The van der Waals surface area contributed by atoms with E-state index in [2.05, 4.69) is 12.2 Å². The van der Waals surface area contributed by atoms with Crippen LogP contribution in [0.15, 0.2) is 12.1 Å². The molecular formula is C15H21F2NO2. The predicted molar refractivity (Wildman–Crippen MR) is 75.2 cm³/mol. The smallest absolute Gasteiger partial charge is 0.338 e. The summed E-state index contributed by atoms with van der Waals surface area (Å²) in [5.74, 6) is -3.91. The number of aromatic carboxylic acids is 1. The van der Waals surface area contributed by atoms with Crippen LogP contribution in [0, 0.1) is 11.6 Å². The van der Waals surface area contributed by atoms with Crippen molar-refractivity contribution in [1.29, 1.82) is 0 Å². The Morgan fingerprint density at radius 3 is 2.40 bits per heavy atom. The number of hydrogen-bond donors (Lipinski definition) is 2. The lowest BCUT2D eigenvalue weighted by molar-refractivity contribution is 0.0690. The Labute approximate surface area is 118 Å². The topological polar surface area (TPSA) is 49.3 Å². The maximum atomic E-state index is 13.6. The van der Waals surface area contributed by atoms with E-state index in [4.69, 9.17) is 5.11 Å². The molecule has 0 aliphatic heterocycles. The highest BCUT2D eigenvalue weighted by Crippen LogP contribution is 2.20. The minimum Gasteiger partial charge on any atom is -0.478 e. The molecule has 20 heavy (non-hydrogen) atoms. The highest BCUT2D eigenvalue weighted by Gasteiger charge is 2.17. The van der Waals surface area contributed by atoms with Crippen LogP contribution in [0.4, 0.5) is 14.5 Å². The first-order valence-corrected chi connectivity index (χ1v) is 7.03. The number of carboxylic acids is 1. The molecule has 0 saturated carbocycles. The Bertz CT molecular complexity index is 450. The van der Waals surface area contributed by atoms with E-state index >= 15 is 0 Å². The van der Waals surface area contributed by atoms with Gasteiger partial charge in [0.25, 0.3) is 0 Å². The minimum absolute atomic E-state index is 0.0149. The average molecular weight is 285 g/mol. The van der Waals surface area contributed by atoms with Crippen LogP contribution in [-0.2, 0) is 0 Å². The van der Waals surface area contributed by atoms with Gasteiger partial charge in [0, 0.05) is 6.54 Å². The summed E-state index contributed by atoms with van der Waals surface area (Å²) in [4.78, 5) is 10.6. The molecule has 0 unspecified atom stereocenters. The zero-order valence-electron chi connectivity index (χ0n) is 11.7. The van der Waals surface area contributed by atoms with Crippen molar-refractivity contribution in [2.75, 3.05) is 11.9 Å². The van der Waals surface area contributed by atoms with Crippen LogP contribution >= 0.6 is 0 Å². The third-order valence-corrected chi connectivity index (χ3v) is 3.16. The number of carbonyl (C=O) groups is 1. The van der Waals surface area contributed by atoms with Crippen molar-refractivity contribution in [3.63, 3.8) is 0 Å². The molecule has 0 saturated heterocycles. The van der Waals surface area contributed by atoms with Gasteiger partial charge in [0.15, 0.2) is 11.6 Å². The molecule has 0 bridgehead atoms. The van der Waals surface area contributed by atoms with Gasteiger partial charge >= 0.3 is 5.97 Å². The molecule has 0 radical (unpaired) electrons. The summed E-state index contributed by atoms with van der Waals surface area (Å²) in [6.45, 7) is 2.70. The van der Waals surface area contributed by atoms with Gasteiger partial charge < -0.3 is 10.4 Å². The van der Waals surface area contributed by atoms with Gasteiger partial charge in [0.1, 0.15) is 0 Å². The minimum atomic E-state index is -1.47. The Morgan fingerprint density at radius 1 is 1.10 bits per heavy atom. The molecule has 0 spiro atoms. The Balaban J connectivity index is 2.41. The molecule has 1 aromatic rings. The van der Waals surface area contributed by atoms with E-state index in [1.165, 1.54) is 25.3 Å². The maximum absolute atomic E-state index is 13.6. The molecular weight excluding hydrogens is 264 g/mol. The number of halogens is 2. The van der Waals surface area contributed by atoms with Crippen molar-refractivity contribution in [2.45, 2.75) is 45.4 Å². The first-order valence-electron chi connectivity index (χ1n) is 7.03. The van der Waals surface area contributed by atoms with Crippen LogP contribution in [0.3, 0.4) is 0 Å². The summed E-state index contributed by atoms with van der Waals surface area (Å²) >= 11 is 0. The van der Waals surface area contributed by atoms with Crippen LogP contribution in [0.2, 0.25) is 0 Å². The standard InChI is InChI=1S/C15H21F2NO2/c1-2-3-4-5-6-7-10-18-12-9-8-11(15(19)20)13(16)14(12)17/h8-9,18H,2-7,10H2,1H3,(H,19,20). The number of anilines is 1. The Kier molecular flexibility index (Phi) is 6.98. The highest BCUT2D eigenvalue weighted by molar-refractivity contribution is 5.88. The molecule has 2 N–H and O–H groups in total. The van der Waals surface area contributed by atoms with E-state index in [0.29, 0.717) is 6.54 Å². The molecule has 0 fully saturated rings. The largest absolute Gasteiger partial charge is 0.478 e. The van der Waals surface area contributed by atoms with Crippen LogP contribution < -0.4 is 5.32 Å². The molecule has 0 atom stereocenters. The summed E-state index contributed by atoms with van der Waals surface area (Å²) in [6, 6.07) is 2.34. The summed E-state index contributed by atoms with van der Waals surface area (Å²) in [7, 11) is 0. The summed E-state index contributed by atoms with van der Waals surface area (Å²) in [5.41, 5.74) is -0.631. The quantitative estimate of drug-likeness (QED) is 0.660. The van der Waals surface area contributed by atoms with Crippen LogP contribution in [-0.4, -0.2) is 17.6 Å². The van der Waals surface area contributed by atoms with E-state index in [0.717, 1.165) is 25.3 Å². The third-order valence-electron chi connectivity index (χ3n) is 3.16. The van der Waals surface area contributed by atoms with E-state index in [9.17, 15) is 13.6 Å². The first-order chi connectivity index (χ1) is 9.57. The van der Waals surface area contributed by atoms with Crippen molar-refractivity contribution < 1.29 is 18.7 Å². The zero-order chi connectivity index (χ0) is 15.0. The van der Waals surface area contributed by atoms with E-state index in [1.807, 2.05) is 0 Å². The van der Waals surface area contributed by atoms with Crippen molar-refractivity contribution in [3.8, 4) is 0 Å². The van der Waals surface area contributed by atoms with Gasteiger partial charge in [-0.05, 0) is 18.6 Å². The van der Waals surface area contributed by atoms with Gasteiger partial charge in [-0.3, -0.25) is 0 Å². The van der Waals surface area contributed by atoms with E-state index in [-0.39, 0.29) is 5.69 Å². The maximum Gasteiger partial charge on any atom is 0.338 e. The fraction of sp³-hybridized carbons (Fsp3) is 0.533. The van der Waals surface area contributed by atoms with E-state index in [1.54, 1.807) is 0 Å². The summed E-state index contributed by atoms with van der Waals surface area (Å²) in [5, 5.41) is 11.5. The van der Waals surface area contributed by atoms with Gasteiger partial charge in [-0.15, -0.1) is 0 Å². The van der Waals surface area contributed by atoms with Crippen molar-refractivity contribution >= 4 is 11.7 Å². The molecule has 0 aromatic heterocycles. The number of carboxylic acid groups (broad SMARTS) is 1. The van der Waals surface area contributed by atoms with E-state index < -0.39 is 23.2 Å². The second-order valence-electron chi connectivity index (χ2n) is 4.79. The fourth-order valence-corrected chi connectivity index (χ4v) is 1.98. The van der Waals surface area contributed by atoms with Gasteiger partial charge in [-0.2, -0.15) is 0 Å². The van der Waals surface area contributed by atoms with Crippen molar-refractivity contribution in [1.82, 2.24) is 0 Å². The number of unbranched alkanes of at least 4 members (excludes halogenated alkanes) is 5. The number of rotatable bonds is 9. The third kappa shape index (κ3) is 4.79. The predicted octanol–water partition coefficient (Wildman–Crippen LogP) is 4.44. The van der Waals surface area contributed by atoms with Crippen molar-refractivity contribution in [2.24, 2.45) is 0 Å². The van der Waals surface area contributed by atoms with Crippen LogP contribution in [0.25, 0.3) is 0 Å². The van der Waals surface area contributed by atoms with Gasteiger partial charge in [0.2, 0.25) is 0 Å². The Hall–Kier alpha value is -1.65. The van der Waals surface area contributed by atoms with Crippen LogP contribution in [0.1, 0.15) is 55.8 Å². The number of nitrogens with one attached hydrogen (secondary N) is 1. The zero-order valence-corrected chi connectivity index (χ0v) is 11.7. The second kappa shape index (κ2) is 8.51. The van der Waals surface area contributed by atoms with Crippen LogP contribution in [0.5, 0.6) is 0 Å². The molecule has 0 amide bonds. The molecule has 0 aliphatic carbocycles. The SMILES string of the molecule is CCCCCCCCNc1ccc(C(=O)O)c(F)c1F. The van der Waals surface area contributed by atoms with Gasteiger partial charge in [-0.25, -0.2) is 13.6 Å². The fourth-order valence-electron chi connectivity index (χ4n) is 1.98. The molecule has 5 heteroatoms. The number of hydrogen-bond acceptors (Lipinski definition) is 2. The molecule has 112 valence electrons. The molecule has 0 aliphatic rings. The molecule has 1 aromatic carbocycles. The lowest BCUT2D eigenvalue weighted by Crippen LogP contribution is -2.08.